The standard InChI is InChI=1S/C17H25NO2S/c1-2-10-18-15-8-9-17(19-11-12-20-17)13-16(15)21-14-6-4-3-5-7-14/h3-7,15-16,18H,2,8-13H2,1H3. The van der Waals surface area contributed by atoms with E-state index in [1.807, 2.05) is 11.8 Å². The van der Waals surface area contributed by atoms with Crippen LogP contribution < -0.4 is 5.32 Å². The molecule has 0 aromatic heterocycles. The summed E-state index contributed by atoms with van der Waals surface area (Å²) in [6.07, 6.45) is 4.30. The zero-order chi connectivity index (χ0) is 14.5. The lowest BCUT2D eigenvalue weighted by Gasteiger charge is -2.41. The van der Waals surface area contributed by atoms with Gasteiger partial charge in [-0.05, 0) is 31.5 Å². The van der Waals surface area contributed by atoms with Crippen LogP contribution in [-0.2, 0) is 9.47 Å². The lowest BCUT2D eigenvalue weighted by molar-refractivity contribution is -0.178. The van der Waals surface area contributed by atoms with Crippen LogP contribution in [0.4, 0.5) is 0 Å². The van der Waals surface area contributed by atoms with Crippen molar-refractivity contribution >= 4 is 11.8 Å². The molecule has 2 unspecified atom stereocenters. The Labute approximate surface area is 131 Å². The number of rotatable bonds is 5. The Morgan fingerprint density at radius 3 is 2.71 bits per heavy atom. The molecule has 1 aliphatic heterocycles. The predicted molar refractivity (Wildman–Crippen MR) is 86.7 cm³/mol. The molecule has 2 aliphatic rings. The molecule has 0 bridgehead atoms. The lowest BCUT2D eigenvalue weighted by atomic mass is 9.89. The molecule has 0 radical (unpaired) electrons. The van der Waals surface area contributed by atoms with E-state index in [1.54, 1.807) is 0 Å². The molecule has 1 spiro atoms. The summed E-state index contributed by atoms with van der Waals surface area (Å²) in [5.74, 6) is -0.309. The molecule has 2 atom stereocenters. The number of benzene rings is 1. The Morgan fingerprint density at radius 2 is 2.00 bits per heavy atom. The van der Waals surface area contributed by atoms with Crippen molar-refractivity contribution in [3.63, 3.8) is 0 Å². The van der Waals surface area contributed by atoms with Crippen LogP contribution >= 0.6 is 11.8 Å². The lowest BCUT2D eigenvalue weighted by Crippen LogP contribution is -2.49. The van der Waals surface area contributed by atoms with E-state index < -0.39 is 0 Å². The second-order valence-corrected chi connectivity index (χ2v) is 7.19. The van der Waals surface area contributed by atoms with E-state index in [9.17, 15) is 0 Å². The van der Waals surface area contributed by atoms with Gasteiger partial charge in [-0.2, -0.15) is 0 Å². The highest BCUT2D eigenvalue weighted by atomic mass is 32.2. The summed E-state index contributed by atoms with van der Waals surface area (Å²) in [4.78, 5) is 1.33. The second-order valence-electron chi connectivity index (χ2n) is 5.88. The van der Waals surface area contributed by atoms with Gasteiger partial charge in [0.25, 0.3) is 0 Å². The second kappa shape index (κ2) is 7.14. The molecule has 1 saturated heterocycles. The van der Waals surface area contributed by atoms with Gasteiger partial charge in [0.15, 0.2) is 5.79 Å². The third-order valence-electron chi connectivity index (χ3n) is 4.30. The molecule has 1 heterocycles. The van der Waals surface area contributed by atoms with Gasteiger partial charge in [-0.3, -0.25) is 0 Å². The van der Waals surface area contributed by atoms with Crippen molar-refractivity contribution in [3.8, 4) is 0 Å². The highest BCUT2D eigenvalue weighted by Crippen LogP contribution is 2.42. The minimum absolute atomic E-state index is 0.309. The van der Waals surface area contributed by atoms with E-state index in [0.29, 0.717) is 11.3 Å². The minimum Gasteiger partial charge on any atom is -0.347 e. The van der Waals surface area contributed by atoms with Gasteiger partial charge >= 0.3 is 0 Å². The van der Waals surface area contributed by atoms with E-state index in [0.717, 1.165) is 39.0 Å². The molecule has 1 aliphatic carbocycles. The summed E-state index contributed by atoms with van der Waals surface area (Å²) in [7, 11) is 0. The third kappa shape index (κ3) is 3.81. The van der Waals surface area contributed by atoms with Crippen molar-refractivity contribution < 1.29 is 9.47 Å². The topological polar surface area (TPSA) is 30.5 Å². The van der Waals surface area contributed by atoms with Crippen LogP contribution in [0.25, 0.3) is 0 Å². The first kappa shape index (κ1) is 15.3. The maximum absolute atomic E-state index is 5.94. The van der Waals surface area contributed by atoms with Gasteiger partial charge in [-0.1, -0.05) is 25.1 Å². The van der Waals surface area contributed by atoms with Crippen LogP contribution in [0, 0.1) is 0 Å². The van der Waals surface area contributed by atoms with Crippen LogP contribution in [0.2, 0.25) is 0 Å². The Bertz CT molecular complexity index is 434. The first-order valence-corrected chi connectivity index (χ1v) is 8.92. The molecule has 2 fully saturated rings. The number of thioether (sulfide) groups is 1. The van der Waals surface area contributed by atoms with Gasteiger partial charge < -0.3 is 14.8 Å². The Balaban J connectivity index is 1.69. The summed E-state index contributed by atoms with van der Waals surface area (Å²) >= 11 is 1.96. The predicted octanol–water partition coefficient (Wildman–Crippen LogP) is 3.44. The van der Waals surface area contributed by atoms with Gasteiger partial charge in [-0.25, -0.2) is 0 Å². The first-order chi connectivity index (χ1) is 10.3. The molecule has 4 heteroatoms. The maximum Gasteiger partial charge on any atom is 0.169 e. The van der Waals surface area contributed by atoms with Crippen molar-refractivity contribution in [2.24, 2.45) is 0 Å². The average molecular weight is 307 g/mol. The van der Waals surface area contributed by atoms with Crippen molar-refractivity contribution in [1.29, 1.82) is 0 Å². The van der Waals surface area contributed by atoms with Crippen LogP contribution in [-0.4, -0.2) is 36.8 Å². The van der Waals surface area contributed by atoms with Crippen LogP contribution in [0.5, 0.6) is 0 Å². The normalized spacial score (nSPS) is 28.0. The van der Waals surface area contributed by atoms with Gasteiger partial charge in [0, 0.05) is 29.0 Å². The van der Waals surface area contributed by atoms with Crippen molar-refractivity contribution in [2.45, 2.75) is 54.6 Å². The van der Waals surface area contributed by atoms with Crippen molar-refractivity contribution in [3.05, 3.63) is 30.3 Å². The SMILES string of the molecule is CCCNC1CCC2(CC1Sc1ccccc1)OCCO2. The van der Waals surface area contributed by atoms with E-state index in [2.05, 4.69) is 42.6 Å². The number of ether oxygens (including phenoxy) is 2. The van der Waals surface area contributed by atoms with Gasteiger partial charge in [0.2, 0.25) is 0 Å². The van der Waals surface area contributed by atoms with E-state index >= 15 is 0 Å². The van der Waals surface area contributed by atoms with E-state index in [-0.39, 0.29) is 5.79 Å². The van der Waals surface area contributed by atoms with E-state index in [1.165, 1.54) is 11.3 Å². The number of hydrogen-bond donors (Lipinski definition) is 1. The summed E-state index contributed by atoms with van der Waals surface area (Å²) in [5, 5.41) is 4.22. The van der Waals surface area contributed by atoms with Gasteiger partial charge in [0.1, 0.15) is 0 Å². The Hall–Kier alpha value is -0.550. The zero-order valence-corrected chi connectivity index (χ0v) is 13.5. The molecule has 1 aromatic carbocycles. The van der Waals surface area contributed by atoms with E-state index in [4.69, 9.17) is 9.47 Å². The molecule has 3 nitrogen and oxygen atoms in total. The summed E-state index contributed by atoms with van der Waals surface area (Å²) < 4.78 is 11.9. The quantitative estimate of drug-likeness (QED) is 0.902. The number of hydrogen-bond acceptors (Lipinski definition) is 4. The van der Waals surface area contributed by atoms with Crippen molar-refractivity contribution in [1.82, 2.24) is 5.32 Å². The average Bonchev–Trinajstić information content (AvgIpc) is 2.96. The molecule has 0 amide bonds. The van der Waals surface area contributed by atoms with Crippen LogP contribution in [0.15, 0.2) is 35.2 Å². The maximum atomic E-state index is 5.94. The largest absolute Gasteiger partial charge is 0.347 e. The summed E-state index contributed by atoms with van der Waals surface area (Å²) in [5.41, 5.74) is 0. The number of nitrogens with one attached hydrogen (secondary N) is 1. The van der Waals surface area contributed by atoms with Gasteiger partial charge in [-0.15, -0.1) is 11.8 Å². The zero-order valence-electron chi connectivity index (χ0n) is 12.7. The summed E-state index contributed by atoms with van der Waals surface area (Å²) in [6.45, 7) is 4.80. The highest BCUT2D eigenvalue weighted by Gasteiger charge is 2.45. The molecule has 21 heavy (non-hydrogen) atoms. The van der Waals surface area contributed by atoms with Gasteiger partial charge in [0.05, 0.1) is 13.2 Å². The molecule has 1 N–H and O–H groups in total. The fourth-order valence-electron chi connectivity index (χ4n) is 3.23. The van der Waals surface area contributed by atoms with Crippen molar-refractivity contribution in [2.75, 3.05) is 19.8 Å². The fourth-order valence-corrected chi connectivity index (χ4v) is 4.63. The Kier molecular flexibility index (Phi) is 5.22. The highest BCUT2D eigenvalue weighted by molar-refractivity contribution is 8.00. The summed E-state index contributed by atoms with van der Waals surface area (Å²) in [6, 6.07) is 11.2. The monoisotopic (exact) mass is 307 g/mol. The molecule has 1 aromatic rings. The van der Waals surface area contributed by atoms with Crippen LogP contribution in [0.1, 0.15) is 32.6 Å². The fraction of sp³-hybridized carbons (Fsp3) is 0.647. The molecule has 3 rings (SSSR count). The smallest absolute Gasteiger partial charge is 0.169 e. The molecule has 1 saturated carbocycles. The molecule has 116 valence electrons. The molecular formula is C17H25NO2S. The minimum atomic E-state index is -0.309. The Morgan fingerprint density at radius 1 is 1.24 bits per heavy atom. The van der Waals surface area contributed by atoms with Crippen LogP contribution in [0.3, 0.4) is 0 Å². The third-order valence-corrected chi connectivity index (χ3v) is 5.64. The first-order valence-electron chi connectivity index (χ1n) is 8.04. The molecular weight excluding hydrogens is 282 g/mol.